The lowest BCUT2D eigenvalue weighted by atomic mass is 9.86. The fraction of sp³-hybridized carbons (Fsp3) is 0.905. The van der Waals surface area contributed by atoms with E-state index >= 15 is 0 Å². The molecule has 1 N–H and O–H groups in total. The first-order chi connectivity index (χ1) is 13.0. The van der Waals surface area contributed by atoms with Crippen molar-refractivity contribution in [3.63, 3.8) is 0 Å². The third-order valence-corrected chi connectivity index (χ3v) is 6.66. The van der Waals surface area contributed by atoms with Gasteiger partial charge in [0.25, 0.3) is 0 Å². The summed E-state index contributed by atoms with van der Waals surface area (Å²) < 4.78 is 0. The molecule has 3 fully saturated rings. The van der Waals surface area contributed by atoms with Gasteiger partial charge in [-0.25, -0.2) is 4.99 Å². The Bertz CT molecular complexity index is 521. The quantitative estimate of drug-likeness (QED) is 0.363. The Balaban J connectivity index is 0.00000280. The van der Waals surface area contributed by atoms with Crippen molar-refractivity contribution in [1.82, 2.24) is 20.0 Å². The molecule has 2 heterocycles. The van der Waals surface area contributed by atoms with Gasteiger partial charge >= 0.3 is 0 Å². The molecule has 0 spiro atoms. The lowest BCUT2D eigenvalue weighted by Crippen LogP contribution is -2.50. The number of hydrogen-bond acceptors (Lipinski definition) is 3. The molecule has 3 atom stereocenters. The van der Waals surface area contributed by atoms with Gasteiger partial charge in [0.2, 0.25) is 5.91 Å². The van der Waals surface area contributed by atoms with E-state index in [1.165, 1.54) is 64.5 Å². The van der Waals surface area contributed by atoms with E-state index in [0.29, 0.717) is 18.0 Å². The van der Waals surface area contributed by atoms with Crippen LogP contribution in [0.2, 0.25) is 0 Å². The average Bonchev–Trinajstić information content (AvgIpc) is 3.17. The Kier molecular flexibility index (Phi) is 9.80. The Morgan fingerprint density at radius 2 is 1.75 bits per heavy atom. The van der Waals surface area contributed by atoms with Crippen LogP contribution in [0, 0.1) is 5.92 Å². The van der Waals surface area contributed by atoms with Gasteiger partial charge in [-0.15, -0.1) is 24.0 Å². The standard InChI is InChI=1S/C21H39N5O.HI/c1-17-9-5-6-10-19(17)23-21(22-15-20(27)24(2)3)26-14-11-18(16-26)25-12-7-4-8-13-25;/h17-19H,4-16H2,1-3H3,(H,22,23);1H. The highest BCUT2D eigenvalue weighted by Gasteiger charge is 2.32. The molecule has 2 saturated heterocycles. The number of carbonyl (C=O) groups is 1. The summed E-state index contributed by atoms with van der Waals surface area (Å²) in [4.78, 5) is 23.6. The van der Waals surface area contributed by atoms with E-state index in [0.717, 1.165) is 19.0 Å². The summed E-state index contributed by atoms with van der Waals surface area (Å²) in [6, 6.07) is 1.13. The Morgan fingerprint density at radius 1 is 1.04 bits per heavy atom. The summed E-state index contributed by atoms with van der Waals surface area (Å²) in [7, 11) is 3.60. The molecule has 1 aliphatic carbocycles. The summed E-state index contributed by atoms with van der Waals surface area (Å²) in [5.41, 5.74) is 0. The largest absolute Gasteiger partial charge is 0.353 e. The number of nitrogens with one attached hydrogen (secondary N) is 1. The summed E-state index contributed by atoms with van der Waals surface area (Å²) in [6.45, 7) is 7.17. The molecule has 3 rings (SSSR count). The van der Waals surface area contributed by atoms with Crippen molar-refractivity contribution in [3.05, 3.63) is 0 Å². The predicted octanol–water partition coefficient (Wildman–Crippen LogP) is 2.78. The van der Waals surface area contributed by atoms with Crippen LogP contribution in [-0.4, -0.2) is 85.5 Å². The number of halogens is 1. The molecule has 1 saturated carbocycles. The molecule has 2 aliphatic heterocycles. The van der Waals surface area contributed by atoms with Gasteiger partial charge in [-0.05, 0) is 51.1 Å². The smallest absolute Gasteiger partial charge is 0.243 e. The molecule has 3 unspecified atom stereocenters. The van der Waals surface area contributed by atoms with E-state index in [2.05, 4.69) is 22.0 Å². The zero-order valence-electron chi connectivity index (χ0n) is 18.0. The molecule has 28 heavy (non-hydrogen) atoms. The van der Waals surface area contributed by atoms with Crippen molar-refractivity contribution in [1.29, 1.82) is 0 Å². The Labute approximate surface area is 188 Å². The molecular weight excluding hydrogens is 465 g/mol. The van der Waals surface area contributed by atoms with Crippen LogP contribution in [0.1, 0.15) is 58.3 Å². The predicted molar refractivity (Wildman–Crippen MR) is 126 cm³/mol. The molecular formula is C21H40IN5O. The van der Waals surface area contributed by atoms with E-state index in [4.69, 9.17) is 4.99 Å². The number of hydrogen-bond donors (Lipinski definition) is 1. The van der Waals surface area contributed by atoms with E-state index in [1.54, 1.807) is 19.0 Å². The molecule has 7 heteroatoms. The van der Waals surface area contributed by atoms with Crippen LogP contribution >= 0.6 is 24.0 Å². The second-order valence-electron chi connectivity index (χ2n) is 8.93. The molecule has 0 aromatic rings. The normalized spacial score (nSPS) is 29.3. The number of aliphatic imine (C=N–C) groups is 1. The number of guanidine groups is 1. The summed E-state index contributed by atoms with van der Waals surface area (Å²) in [5, 5.41) is 3.75. The lowest BCUT2D eigenvalue weighted by molar-refractivity contribution is -0.127. The van der Waals surface area contributed by atoms with Gasteiger partial charge in [-0.3, -0.25) is 9.69 Å². The van der Waals surface area contributed by atoms with Crippen molar-refractivity contribution < 1.29 is 4.79 Å². The Hall–Kier alpha value is -0.570. The average molecular weight is 505 g/mol. The number of amides is 1. The maximum atomic E-state index is 12.1. The number of rotatable bonds is 4. The maximum absolute atomic E-state index is 12.1. The minimum atomic E-state index is 0. The highest BCUT2D eigenvalue weighted by Crippen LogP contribution is 2.25. The van der Waals surface area contributed by atoms with Crippen LogP contribution in [0.5, 0.6) is 0 Å². The number of piperidine rings is 1. The van der Waals surface area contributed by atoms with Crippen LogP contribution in [0.15, 0.2) is 4.99 Å². The van der Waals surface area contributed by atoms with Crippen LogP contribution in [-0.2, 0) is 4.79 Å². The maximum Gasteiger partial charge on any atom is 0.243 e. The van der Waals surface area contributed by atoms with Gasteiger partial charge in [0.15, 0.2) is 5.96 Å². The van der Waals surface area contributed by atoms with Crippen molar-refractivity contribution in [2.45, 2.75) is 70.4 Å². The topological polar surface area (TPSA) is 51.2 Å². The minimum Gasteiger partial charge on any atom is -0.353 e. The zero-order chi connectivity index (χ0) is 19.2. The second kappa shape index (κ2) is 11.6. The first-order valence-electron chi connectivity index (χ1n) is 11.0. The van der Waals surface area contributed by atoms with Gasteiger partial charge in [-0.2, -0.15) is 0 Å². The van der Waals surface area contributed by atoms with Crippen molar-refractivity contribution >= 4 is 35.8 Å². The number of nitrogens with zero attached hydrogens (tertiary/aromatic N) is 4. The molecule has 0 aromatic heterocycles. The first kappa shape index (κ1) is 23.7. The molecule has 3 aliphatic rings. The summed E-state index contributed by atoms with van der Waals surface area (Å²) in [5.74, 6) is 1.70. The number of likely N-dealkylation sites (N-methyl/N-ethyl adjacent to an activating group) is 1. The third kappa shape index (κ3) is 6.47. The Morgan fingerprint density at radius 3 is 2.43 bits per heavy atom. The fourth-order valence-corrected chi connectivity index (χ4v) is 4.73. The highest BCUT2D eigenvalue weighted by atomic mass is 127. The van der Waals surface area contributed by atoms with Gasteiger partial charge in [0.05, 0.1) is 0 Å². The molecule has 0 radical (unpaired) electrons. The van der Waals surface area contributed by atoms with E-state index in [1.807, 2.05) is 0 Å². The van der Waals surface area contributed by atoms with E-state index in [9.17, 15) is 4.79 Å². The van der Waals surface area contributed by atoms with E-state index in [-0.39, 0.29) is 36.4 Å². The van der Waals surface area contributed by atoms with Crippen molar-refractivity contribution in [2.24, 2.45) is 10.9 Å². The molecule has 162 valence electrons. The van der Waals surface area contributed by atoms with Crippen LogP contribution in [0.25, 0.3) is 0 Å². The SMILES string of the molecule is CC1CCCCC1NC(=NCC(=O)N(C)C)N1CCC(N2CCCCC2)C1.I. The van der Waals surface area contributed by atoms with Gasteiger partial charge in [-0.1, -0.05) is 26.2 Å². The molecule has 6 nitrogen and oxygen atoms in total. The zero-order valence-corrected chi connectivity index (χ0v) is 20.4. The summed E-state index contributed by atoms with van der Waals surface area (Å²) >= 11 is 0. The lowest BCUT2D eigenvalue weighted by Gasteiger charge is -2.35. The number of carbonyl (C=O) groups excluding carboxylic acids is 1. The third-order valence-electron chi connectivity index (χ3n) is 6.66. The molecule has 0 aromatic carbocycles. The fourth-order valence-electron chi connectivity index (χ4n) is 4.73. The number of likely N-dealkylation sites (tertiary alicyclic amines) is 2. The monoisotopic (exact) mass is 505 g/mol. The van der Waals surface area contributed by atoms with Crippen LogP contribution in [0.3, 0.4) is 0 Å². The highest BCUT2D eigenvalue weighted by molar-refractivity contribution is 14.0. The van der Waals surface area contributed by atoms with Crippen LogP contribution in [0.4, 0.5) is 0 Å². The van der Waals surface area contributed by atoms with Gasteiger partial charge < -0.3 is 15.1 Å². The van der Waals surface area contributed by atoms with Crippen molar-refractivity contribution in [2.75, 3.05) is 46.8 Å². The molecule has 0 bridgehead atoms. The summed E-state index contributed by atoms with van der Waals surface area (Å²) in [6.07, 6.45) is 10.4. The minimum absolute atomic E-state index is 0. The first-order valence-corrected chi connectivity index (χ1v) is 11.0. The van der Waals surface area contributed by atoms with Crippen LogP contribution < -0.4 is 5.32 Å². The molecule has 1 amide bonds. The second-order valence-corrected chi connectivity index (χ2v) is 8.93. The van der Waals surface area contributed by atoms with E-state index < -0.39 is 0 Å². The van der Waals surface area contributed by atoms with Gasteiger partial charge in [0.1, 0.15) is 6.54 Å². The van der Waals surface area contributed by atoms with Gasteiger partial charge in [0, 0.05) is 39.3 Å². The van der Waals surface area contributed by atoms with Crippen molar-refractivity contribution in [3.8, 4) is 0 Å².